The predicted molar refractivity (Wildman–Crippen MR) is 96.2 cm³/mol. The minimum absolute atomic E-state index is 0.0566. The molecule has 27 heavy (non-hydrogen) atoms. The Morgan fingerprint density at radius 3 is 2.30 bits per heavy atom. The van der Waals surface area contributed by atoms with Crippen LogP contribution >= 0.6 is 0 Å². The highest BCUT2D eigenvalue weighted by Crippen LogP contribution is 2.39. The van der Waals surface area contributed by atoms with Crippen molar-refractivity contribution in [2.45, 2.75) is 19.3 Å². The maximum atomic E-state index is 12.6. The highest BCUT2D eigenvalue weighted by Gasteiger charge is 2.25. The van der Waals surface area contributed by atoms with Crippen molar-refractivity contribution in [1.82, 2.24) is 0 Å². The van der Waals surface area contributed by atoms with Gasteiger partial charge in [0.05, 0.1) is 33.3 Å². The molecule has 142 valence electrons. The van der Waals surface area contributed by atoms with Crippen LogP contribution in [0.15, 0.2) is 30.3 Å². The van der Waals surface area contributed by atoms with Gasteiger partial charge in [0.15, 0.2) is 11.5 Å². The van der Waals surface area contributed by atoms with Crippen molar-refractivity contribution in [1.29, 1.82) is 0 Å². The molecule has 1 atom stereocenters. The number of hydrogen-bond acceptors (Lipinski definition) is 7. The maximum absolute atomic E-state index is 12.6. The molecule has 1 aliphatic rings. The summed E-state index contributed by atoms with van der Waals surface area (Å²) in [6.45, 7) is 1.95. The van der Waals surface area contributed by atoms with E-state index in [1.165, 1.54) is 33.5 Å². The van der Waals surface area contributed by atoms with Gasteiger partial charge in [-0.25, -0.2) is 4.79 Å². The lowest BCUT2D eigenvalue weighted by Gasteiger charge is -2.21. The molecule has 7 nitrogen and oxygen atoms in total. The number of carbonyl (C=O) groups is 2. The predicted octanol–water partition coefficient (Wildman–Crippen LogP) is 3.34. The first-order chi connectivity index (χ1) is 13.0. The van der Waals surface area contributed by atoms with Gasteiger partial charge in [-0.2, -0.15) is 0 Å². The van der Waals surface area contributed by atoms with Crippen LogP contribution in [0.25, 0.3) is 0 Å². The van der Waals surface area contributed by atoms with Gasteiger partial charge in [-0.05, 0) is 29.7 Å². The Morgan fingerprint density at radius 1 is 1.04 bits per heavy atom. The normalized spacial score (nSPS) is 15.4. The van der Waals surface area contributed by atoms with E-state index in [-0.39, 0.29) is 23.2 Å². The van der Waals surface area contributed by atoms with Crippen LogP contribution in [0.1, 0.15) is 35.2 Å². The van der Waals surface area contributed by atoms with Gasteiger partial charge in [0.2, 0.25) is 5.75 Å². The zero-order valence-electron chi connectivity index (χ0n) is 15.5. The van der Waals surface area contributed by atoms with Crippen LogP contribution in [0.2, 0.25) is 0 Å². The second-order valence-electron chi connectivity index (χ2n) is 6.08. The van der Waals surface area contributed by atoms with Gasteiger partial charge in [-0.3, -0.25) is 4.79 Å². The van der Waals surface area contributed by atoms with Gasteiger partial charge in [0.25, 0.3) is 0 Å². The van der Waals surface area contributed by atoms with Crippen molar-refractivity contribution in [3.63, 3.8) is 0 Å². The lowest BCUT2D eigenvalue weighted by Crippen LogP contribution is -2.18. The molecule has 0 aromatic heterocycles. The number of hydrogen-bond donors (Lipinski definition) is 0. The second-order valence-corrected chi connectivity index (χ2v) is 6.08. The van der Waals surface area contributed by atoms with E-state index in [0.29, 0.717) is 29.4 Å². The van der Waals surface area contributed by atoms with Crippen molar-refractivity contribution >= 4 is 11.9 Å². The molecule has 2 aromatic carbocycles. The first-order valence-electron chi connectivity index (χ1n) is 8.33. The third-order valence-corrected chi connectivity index (χ3v) is 4.32. The molecule has 3 rings (SSSR count). The number of benzene rings is 2. The lowest BCUT2D eigenvalue weighted by atomic mass is 9.95. The van der Waals surface area contributed by atoms with Crippen LogP contribution in [0.4, 0.5) is 0 Å². The van der Waals surface area contributed by atoms with Gasteiger partial charge in [0, 0.05) is 6.07 Å². The molecule has 7 heteroatoms. The number of carbonyl (C=O) groups excluding carboxylic acids is 2. The topological polar surface area (TPSA) is 80.3 Å². The number of ether oxygens (including phenoxy) is 5. The lowest BCUT2D eigenvalue weighted by molar-refractivity contribution is -0.135. The number of fused-ring (bicyclic) bond motifs is 1. The van der Waals surface area contributed by atoms with Crippen LogP contribution in [0, 0.1) is 0 Å². The minimum atomic E-state index is -0.607. The zero-order chi connectivity index (χ0) is 19.6. The fraction of sp³-hybridized carbons (Fsp3) is 0.300. The molecule has 0 radical (unpaired) electrons. The average molecular weight is 372 g/mol. The second kappa shape index (κ2) is 7.57. The monoisotopic (exact) mass is 372 g/mol. The Kier molecular flexibility index (Phi) is 5.21. The molecule has 0 N–H and O–H groups in total. The molecule has 1 unspecified atom stereocenters. The van der Waals surface area contributed by atoms with E-state index in [1.54, 1.807) is 18.2 Å². The molecular weight excluding hydrogens is 352 g/mol. The van der Waals surface area contributed by atoms with Gasteiger partial charge >= 0.3 is 11.9 Å². The van der Waals surface area contributed by atoms with E-state index in [9.17, 15) is 9.59 Å². The van der Waals surface area contributed by atoms with Gasteiger partial charge in [-0.1, -0.05) is 13.0 Å². The summed E-state index contributed by atoms with van der Waals surface area (Å²) in [6, 6.07) is 8.02. The van der Waals surface area contributed by atoms with Crippen LogP contribution in [0.5, 0.6) is 28.7 Å². The number of rotatable bonds is 5. The fourth-order valence-electron chi connectivity index (χ4n) is 2.96. The molecule has 0 saturated carbocycles. The van der Waals surface area contributed by atoms with E-state index in [0.717, 1.165) is 5.56 Å². The summed E-state index contributed by atoms with van der Waals surface area (Å²) in [4.78, 5) is 24.2. The van der Waals surface area contributed by atoms with Crippen molar-refractivity contribution in [3.05, 3.63) is 41.5 Å². The smallest absolute Gasteiger partial charge is 0.343 e. The van der Waals surface area contributed by atoms with Crippen LogP contribution in [-0.2, 0) is 4.79 Å². The average Bonchev–Trinajstić information content (AvgIpc) is 2.66. The molecule has 0 saturated heterocycles. The molecule has 2 aromatic rings. The van der Waals surface area contributed by atoms with E-state index in [2.05, 4.69) is 0 Å². The molecule has 1 heterocycles. The summed E-state index contributed by atoms with van der Waals surface area (Å²) < 4.78 is 26.4. The molecule has 1 aliphatic heterocycles. The van der Waals surface area contributed by atoms with Crippen LogP contribution in [-0.4, -0.2) is 33.3 Å². The molecule has 0 bridgehead atoms. The van der Waals surface area contributed by atoms with E-state index < -0.39 is 5.97 Å². The number of methoxy groups -OCH3 is 3. The Labute approximate surface area is 156 Å². The van der Waals surface area contributed by atoms with Gasteiger partial charge in [0.1, 0.15) is 11.5 Å². The van der Waals surface area contributed by atoms with Crippen LogP contribution in [0.3, 0.4) is 0 Å². The van der Waals surface area contributed by atoms with Crippen molar-refractivity contribution in [2.24, 2.45) is 0 Å². The number of esters is 2. The summed E-state index contributed by atoms with van der Waals surface area (Å²) in [5.74, 6) is 0.900. The van der Waals surface area contributed by atoms with E-state index >= 15 is 0 Å². The summed E-state index contributed by atoms with van der Waals surface area (Å²) in [5, 5.41) is 0. The molecule has 0 aliphatic carbocycles. The highest BCUT2D eigenvalue weighted by molar-refractivity contribution is 5.92. The van der Waals surface area contributed by atoms with Crippen molar-refractivity contribution < 1.29 is 33.3 Å². The van der Waals surface area contributed by atoms with Crippen molar-refractivity contribution in [2.75, 3.05) is 21.3 Å². The van der Waals surface area contributed by atoms with Crippen LogP contribution < -0.4 is 23.7 Å². The zero-order valence-corrected chi connectivity index (χ0v) is 15.5. The molecule has 0 amide bonds. The summed E-state index contributed by atoms with van der Waals surface area (Å²) in [5.41, 5.74) is 1.13. The van der Waals surface area contributed by atoms with Crippen molar-refractivity contribution in [3.8, 4) is 28.7 Å². The minimum Gasteiger partial charge on any atom is -0.493 e. The third-order valence-electron chi connectivity index (χ3n) is 4.32. The van der Waals surface area contributed by atoms with Gasteiger partial charge < -0.3 is 23.7 Å². The molecule has 0 spiro atoms. The SMILES string of the molecule is COc1cc(C(=O)Oc2ccc3c(c2)OC(=O)CC3C)cc(OC)c1OC. The van der Waals surface area contributed by atoms with E-state index in [4.69, 9.17) is 23.7 Å². The molecular formula is C20H20O7. The summed E-state index contributed by atoms with van der Waals surface area (Å²) in [6.07, 6.45) is 0.331. The highest BCUT2D eigenvalue weighted by atomic mass is 16.6. The summed E-state index contributed by atoms with van der Waals surface area (Å²) >= 11 is 0. The quantitative estimate of drug-likeness (QED) is 0.588. The third kappa shape index (κ3) is 3.67. The fourth-order valence-corrected chi connectivity index (χ4v) is 2.96. The Hall–Kier alpha value is -3.22. The first-order valence-corrected chi connectivity index (χ1v) is 8.33. The molecule has 0 fully saturated rings. The Balaban J connectivity index is 1.88. The largest absolute Gasteiger partial charge is 0.493 e. The summed E-state index contributed by atoms with van der Waals surface area (Å²) in [7, 11) is 4.41. The van der Waals surface area contributed by atoms with E-state index in [1.807, 2.05) is 6.92 Å². The first kappa shape index (κ1) is 18.6. The Morgan fingerprint density at radius 2 is 1.70 bits per heavy atom. The standard InChI is InChI=1S/C20H20O7/c1-11-7-18(21)27-15-10-13(5-6-14(11)15)26-20(22)12-8-16(23-2)19(25-4)17(9-12)24-3/h5-6,8-11H,7H2,1-4H3. The van der Waals surface area contributed by atoms with Gasteiger partial charge in [-0.15, -0.1) is 0 Å². The maximum Gasteiger partial charge on any atom is 0.343 e. The Bertz CT molecular complexity index is 863.